The number of carbonyl (C=O) groups excluding carboxylic acids is 1. The molecule has 21 heavy (non-hydrogen) atoms. The van der Waals surface area contributed by atoms with Crippen LogP contribution in [0.2, 0.25) is 0 Å². The Labute approximate surface area is 134 Å². The zero-order valence-electron chi connectivity index (χ0n) is 11.3. The number of esters is 1. The van der Waals surface area contributed by atoms with Gasteiger partial charge in [0.1, 0.15) is 5.41 Å². The van der Waals surface area contributed by atoms with E-state index in [1.165, 1.54) is 7.11 Å². The summed E-state index contributed by atoms with van der Waals surface area (Å²) in [6.07, 6.45) is 1.41. The van der Waals surface area contributed by atoms with Gasteiger partial charge in [-0.25, -0.2) is 0 Å². The van der Waals surface area contributed by atoms with Crippen LogP contribution in [-0.4, -0.2) is 23.2 Å². The van der Waals surface area contributed by atoms with Crippen molar-refractivity contribution in [2.45, 2.75) is 28.9 Å². The zero-order chi connectivity index (χ0) is 14.9. The molecule has 0 spiro atoms. The van der Waals surface area contributed by atoms with Gasteiger partial charge in [0.25, 0.3) is 0 Å². The average molecular weight is 369 g/mol. The van der Waals surface area contributed by atoms with E-state index in [0.717, 1.165) is 9.37 Å². The molecule has 1 aliphatic rings. The fourth-order valence-electron chi connectivity index (χ4n) is 2.04. The lowest BCUT2D eigenvalue weighted by Gasteiger charge is -2.05. The molecule has 0 amide bonds. The second kappa shape index (κ2) is 5.81. The van der Waals surface area contributed by atoms with Gasteiger partial charge in [-0.15, -0.1) is 11.8 Å². The third-order valence-corrected chi connectivity index (χ3v) is 5.42. The van der Waals surface area contributed by atoms with Crippen molar-refractivity contribution in [3.63, 3.8) is 0 Å². The summed E-state index contributed by atoms with van der Waals surface area (Å²) < 4.78 is 11.1. The van der Waals surface area contributed by atoms with Crippen molar-refractivity contribution in [2.24, 2.45) is 0 Å². The zero-order valence-corrected chi connectivity index (χ0v) is 13.7. The minimum absolute atomic E-state index is 0.295. The smallest absolute Gasteiger partial charge is 0.321 e. The summed E-state index contributed by atoms with van der Waals surface area (Å²) in [4.78, 5) is 17.2. The molecular formula is C14H13BrN2O3S. The molecule has 0 aliphatic heterocycles. The number of ether oxygens (including phenoxy) is 1. The molecule has 3 rings (SSSR count). The highest BCUT2D eigenvalue weighted by atomic mass is 79.9. The molecule has 2 aromatic rings. The molecule has 110 valence electrons. The molecule has 1 saturated carbocycles. The summed E-state index contributed by atoms with van der Waals surface area (Å²) in [5.41, 5.74) is -0.696. The van der Waals surface area contributed by atoms with Gasteiger partial charge < -0.3 is 9.26 Å². The predicted molar refractivity (Wildman–Crippen MR) is 80.9 cm³/mol. The van der Waals surface area contributed by atoms with Gasteiger partial charge in [-0.1, -0.05) is 17.3 Å². The third-order valence-electron chi connectivity index (χ3n) is 3.40. The van der Waals surface area contributed by atoms with Crippen LogP contribution in [0.4, 0.5) is 0 Å². The van der Waals surface area contributed by atoms with Crippen molar-refractivity contribution < 1.29 is 14.1 Å². The van der Waals surface area contributed by atoms with Crippen LogP contribution in [-0.2, 0) is 20.7 Å². The molecule has 0 saturated heterocycles. The Hall–Kier alpha value is -1.34. The van der Waals surface area contributed by atoms with Crippen LogP contribution >= 0.6 is 27.7 Å². The number of halogens is 1. The highest BCUT2D eigenvalue weighted by molar-refractivity contribution is 9.10. The van der Waals surface area contributed by atoms with Gasteiger partial charge in [-0.05, 0) is 40.9 Å². The van der Waals surface area contributed by atoms with Crippen molar-refractivity contribution in [1.29, 1.82) is 0 Å². The normalized spacial score (nSPS) is 15.7. The summed E-state index contributed by atoms with van der Waals surface area (Å²) >= 11 is 5.11. The first-order chi connectivity index (χ1) is 10.2. The van der Waals surface area contributed by atoms with E-state index in [9.17, 15) is 4.79 Å². The predicted octanol–water partition coefficient (Wildman–Crippen LogP) is 3.33. The number of thioether (sulfide) groups is 1. The number of carbonyl (C=O) groups is 1. The van der Waals surface area contributed by atoms with E-state index < -0.39 is 5.41 Å². The standard InChI is InChI=1S/C14H13BrN2O3S/c1-19-13(18)14(6-7-14)12-16-11(17-20-12)8-21-10-5-3-2-4-9(10)15/h2-5H,6-8H2,1H3. The van der Waals surface area contributed by atoms with Crippen LogP contribution in [0.5, 0.6) is 0 Å². The Bertz CT molecular complexity index is 670. The molecule has 1 aliphatic carbocycles. The Morgan fingerprint density at radius 2 is 2.24 bits per heavy atom. The summed E-state index contributed by atoms with van der Waals surface area (Å²) in [6.45, 7) is 0. The molecular weight excluding hydrogens is 356 g/mol. The van der Waals surface area contributed by atoms with Crippen LogP contribution in [0.15, 0.2) is 38.2 Å². The quantitative estimate of drug-likeness (QED) is 0.595. The SMILES string of the molecule is COC(=O)C1(c2nc(CSc3ccccc3Br)no2)CC1. The number of rotatable bonds is 5. The van der Waals surface area contributed by atoms with E-state index in [2.05, 4.69) is 26.1 Å². The maximum atomic E-state index is 11.8. The van der Waals surface area contributed by atoms with Gasteiger partial charge in [0.05, 0.1) is 12.9 Å². The Kier molecular flexibility index (Phi) is 4.03. The molecule has 7 heteroatoms. The second-order valence-corrected chi connectivity index (χ2v) is 6.68. The van der Waals surface area contributed by atoms with Gasteiger partial charge in [0.15, 0.2) is 5.82 Å². The van der Waals surface area contributed by atoms with Crippen LogP contribution in [0.3, 0.4) is 0 Å². The van der Waals surface area contributed by atoms with Gasteiger partial charge in [-0.3, -0.25) is 4.79 Å². The van der Waals surface area contributed by atoms with Crippen molar-refractivity contribution in [2.75, 3.05) is 7.11 Å². The Balaban J connectivity index is 1.69. The number of hydrogen-bond donors (Lipinski definition) is 0. The fourth-order valence-corrected chi connectivity index (χ4v) is 3.45. The van der Waals surface area contributed by atoms with Gasteiger partial charge in [-0.2, -0.15) is 4.98 Å². The lowest BCUT2D eigenvalue weighted by Crippen LogP contribution is -2.22. The van der Waals surface area contributed by atoms with E-state index in [1.54, 1.807) is 11.8 Å². The highest BCUT2D eigenvalue weighted by Gasteiger charge is 2.57. The molecule has 0 bridgehead atoms. The van der Waals surface area contributed by atoms with E-state index in [0.29, 0.717) is 30.3 Å². The van der Waals surface area contributed by atoms with E-state index in [-0.39, 0.29) is 5.97 Å². The molecule has 5 nitrogen and oxygen atoms in total. The fraction of sp³-hybridized carbons (Fsp3) is 0.357. The van der Waals surface area contributed by atoms with Crippen molar-refractivity contribution in [1.82, 2.24) is 10.1 Å². The third kappa shape index (κ3) is 2.85. The topological polar surface area (TPSA) is 65.2 Å². The van der Waals surface area contributed by atoms with Crippen LogP contribution < -0.4 is 0 Å². The Morgan fingerprint density at radius 3 is 2.90 bits per heavy atom. The lowest BCUT2D eigenvalue weighted by atomic mass is 10.1. The summed E-state index contributed by atoms with van der Waals surface area (Å²) in [5, 5.41) is 3.95. The summed E-state index contributed by atoms with van der Waals surface area (Å²) in [6, 6.07) is 7.95. The minimum atomic E-state index is -0.696. The molecule has 0 radical (unpaired) electrons. The number of benzene rings is 1. The monoisotopic (exact) mass is 368 g/mol. The second-order valence-electron chi connectivity index (χ2n) is 4.81. The summed E-state index contributed by atoms with van der Waals surface area (Å²) in [7, 11) is 1.38. The Morgan fingerprint density at radius 1 is 1.48 bits per heavy atom. The molecule has 1 aromatic carbocycles. The number of hydrogen-bond acceptors (Lipinski definition) is 6. The van der Waals surface area contributed by atoms with Crippen LogP contribution in [0.25, 0.3) is 0 Å². The first-order valence-corrected chi connectivity index (χ1v) is 8.22. The van der Waals surface area contributed by atoms with Crippen molar-refractivity contribution in [3.05, 3.63) is 40.5 Å². The van der Waals surface area contributed by atoms with Crippen LogP contribution in [0, 0.1) is 0 Å². The molecule has 1 aromatic heterocycles. The highest BCUT2D eigenvalue weighted by Crippen LogP contribution is 2.48. The number of nitrogens with zero attached hydrogens (tertiary/aromatic N) is 2. The number of methoxy groups -OCH3 is 1. The van der Waals surface area contributed by atoms with E-state index in [4.69, 9.17) is 9.26 Å². The maximum absolute atomic E-state index is 11.8. The van der Waals surface area contributed by atoms with E-state index in [1.807, 2.05) is 24.3 Å². The first kappa shape index (κ1) is 14.6. The van der Waals surface area contributed by atoms with E-state index >= 15 is 0 Å². The lowest BCUT2D eigenvalue weighted by molar-refractivity contribution is -0.144. The van der Waals surface area contributed by atoms with Gasteiger partial charge in [0, 0.05) is 9.37 Å². The summed E-state index contributed by atoms with van der Waals surface area (Å²) in [5.74, 6) is 1.25. The minimum Gasteiger partial charge on any atom is -0.468 e. The first-order valence-electron chi connectivity index (χ1n) is 6.44. The molecule has 0 N–H and O–H groups in total. The molecule has 1 heterocycles. The number of aromatic nitrogens is 2. The van der Waals surface area contributed by atoms with Gasteiger partial charge >= 0.3 is 5.97 Å². The molecule has 0 atom stereocenters. The average Bonchev–Trinajstić information content (AvgIpc) is 3.18. The maximum Gasteiger partial charge on any atom is 0.321 e. The molecule has 0 unspecified atom stereocenters. The van der Waals surface area contributed by atoms with Crippen molar-refractivity contribution >= 4 is 33.7 Å². The largest absolute Gasteiger partial charge is 0.468 e. The van der Waals surface area contributed by atoms with Crippen LogP contribution in [0.1, 0.15) is 24.6 Å². The molecule has 1 fully saturated rings. The van der Waals surface area contributed by atoms with Crippen molar-refractivity contribution in [3.8, 4) is 0 Å². The van der Waals surface area contributed by atoms with Gasteiger partial charge in [0.2, 0.25) is 5.89 Å².